The first-order chi connectivity index (χ1) is 13.6. The van der Waals surface area contributed by atoms with Gasteiger partial charge in [-0.2, -0.15) is 0 Å². The summed E-state index contributed by atoms with van der Waals surface area (Å²) in [5.41, 5.74) is 3.93. The molecule has 1 N–H and O–H groups in total. The molecule has 2 aromatic carbocycles. The summed E-state index contributed by atoms with van der Waals surface area (Å²) < 4.78 is 1.57. The molecule has 6 rings (SSSR count). The number of fused-ring (bicyclic) bond motifs is 7. The largest absolute Gasteiger partial charge is 0.356 e. The molecule has 0 aliphatic carbocycles. The van der Waals surface area contributed by atoms with Crippen LogP contribution >= 0.6 is 0 Å². The highest BCUT2D eigenvalue weighted by Gasteiger charge is 2.43. The Bertz CT molecular complexity index is 1350. The van der Waals surface area contributed by atoms with Crippen LogP contribution in [0.3, 0.4) is 0 Å². The van der Waals surface area contributed by atoms with Gasteiger partial charge in [0.1, 0.15) is 12.4 Å². The molecule has 2 atom stereocenters. The first-order valence-electron chi connectivity index (χ1n) is 9.53. The minimum Gasteiger partial charge on any atom is -0.356 e. The summed E-state index contributed by atoms with van der Waals surface area (Å²) in [5, 5.41) is 1.74. The van der Waals surface area contributed by atoms with Crippen molar-refractivity contribution in [1.29, 1.82) is 0 Å². The van der Waals surface area contributed by atoms with Crippen molar-refractivity contribution in [3.63, 3.8) is 0 Å². The predicted octanol–water partition coefficient (Wildman–Crippen LogP) is 3.08. The van der Waals surface area contributed by atoms with Gasteiger partial charge in [-0.15, -0.1) is 0 Å². The first-order valence-corrected chi connectivity index (χ1v) is 9.53. The number of aromatic amines is 1. The van der Waals surface area contributed by atoms with E-state index in [2.05, 4.69) is 17.1 Å². The van der Waals surface area contributed by atoms with E-state index in [-0.39, 0.29) is 30.1 Å². The number of carbonyl (C=O) groups is 1. The van der Waals surface area contributed by atoms with Crippen LogP contribution in [0.5, 0.6) is 0 Å². The Hall–Kier alpha value is -3.41. The van der Waals surface area contributed by atoms with Crippen molar-refractivity contribution < 1.29 is 4.79 Å². The lowest BCUT2D eigenvalue weighted by Crippen LogP contribution is -2.50. The lowest BCUT2D eigenvalue weighted by molar-refractivity contribution is -0.140. The molecule has 6 nitrogen and oxygen atoms in total. The number of carbonyl (C=O) groups excluding carboxylic acids is 1. The van der Waals surface area contributed by atoms with E-state index in [1.807, 2.05) is 42.2 Å². The monoisotopic (exact) mass is 370 g/mol. The summed E-state index contributed by atoms with van der Waals surface area (Å²) in [6.07, 6.45) is 0.653. The minimum atomic E-state index is -0.236. The van der Waals surface area contributed by atoms with Crippen LogP contribution in [0.4, 0.5) is 0 Å². The number of hydrogen-bond donors (Lipinski definition) is 1. The van der Waals surface area contributed by atoms with Crippen LogP contribution in [0.2, 0.25) is 0 Å². The van der Waals surface area contributed by atoms with Gasteiger partial charge in [-0.3, -0.25) is 14.2 Å². The molecular formula is C22H18N4O2. The van der Waals surface area contributed by atoms with E-state index in [9.17, 15) is 9.59 Å². The van der Waals surface area contributed by atoms with Gasteiger partial charge < -0.3 is 9.88 Å². The van der Waals surface area contributed by atoms with E-state index in [0.717, 1.165) is 11.2 Å². The molecule has 0 saturated heterocycles. The van der Waals surface area contributed by atoms with E-state index < -0.39 is 0 Å². The van der Waals surface area contributed by atoms with E-state index >= 15 is 0 Å². The highest BCUT2D eigenvalue weighted by atomic mass is 16.2. The number of nitrogens with zero attached hydrogens (tertiary/aromatic N) is 3. The third-order valence-electron chi connectivity index (χ3n) is 6.19. The van der Waals surface area contributed by atoms with Crippen molar-refractivity contribution in [2.45, 2.75) is 32.0 Å². The van der Waals surface area contributed by atoms with Crippen LogP contribution in [-0.4, -0.2) is 25.3 Å². The normalized spacial score (nSPS) is 20.9. The molecule has 2 aliphatic heterocycles. The Morgan fingerprint density at radius 1 is 1.04 bits per heavy atom. The lowest BCUT2D eigenvalue weighted by atomic mass is 9.90. The smallest absolute Gasteiger partial charge is 0.261 e. The van der Waals surface area contributed by atoms with Crippen molar-refractivity contribution in [3.05, 3.63) is 76.0 Å². The molecule has 0 saturated carbocycles. The van der Waals surface area contributed by atoms with E-state index in [4.69, 9.17) is 4.98 Å². The first kappa shape index (κ1) is 15.6. The molecule has 0 bridgehead atoms. The highest BCUT2D eigenvalue weighted by Crippen LogP contribution is 2.43. The van der Waals surface area contributed by atoms with Crippen LogP contribution in [0, 0.1) is 0 Å². The SMILES string of the molecule is C[C@H]1c2[nH]c3ccccc3c2C[C@@H]2c3nc4ccccc4c(=O)n3CC(=O)N21. The number of amides is 1. The summed E-state index contributed by atoms with van der Waals surface area (Å²) in [7, 11) is 0. The van der Waals surface area contributed by atoms with Gasteiger partial charge in [0.2, 0.25) is 5.91 Å². The zero-order chi connectivity index (χ0) is 19.0. The number of aromatic nitrogens is 3. The number of H-pyrrole nitrogens is 1. The molecule has 4 aromatic rings. The van der Waals surface area contributed by atoms with Crippen molar-refractivity contribution in [2.75, 3.05) is 0 Å². The van der Waals surface area contributed by atoms with Gasteiger partial charge in [-0.25, -0.2) is 4.98 Å². The van der Waals surface area contributed by atoms with Gasteiger partial charge in [0.05, 0.1) is 23.0 Å². The predicted molar refractivity (Wildman–Crippen MR) is 106 cm³/mol. The summed E-state index contributed by atoms with van der Waals surface area (Å²) in [6, 6.07) is 15.2. The van der Waals surface area contributed by atoms with E-state index in [1.54, 1.807) is 10.6 Å². The molecule has 1 amide bonds. The van der Waals surface area contributed by atoms with Crippen LogP contribution in [0.1, 0.15) is 36.1 Å². The van der Waals surface area contributed by atoms with Crippen LogP contribution < -0.4 is 5.56 Å². The zero-order valence-corrected chi connectivity index (χ0v) is 15.3. The van der Waals surface area contributed by atoms with Crippen molar-refractivity contribution in [1.82, 2.24) is 19.4 Å². The quantitative estimate of drug-likeness (QED) is 0.517. The van der Waals surface area contributed by atoms with E-state index in [1.165, 1.54) is 10.9 Å². The van der Waals surface area contributed by atoms with E-state index in [0.29, 0.717) is 23.1 Å². The topological polar surface area (TPSA) is 71.0 Å². The molecular weight excluding hydrogens is 352 g/mol. The molecule has 0 unspecified atom stereocenters. The molecule has 2 aliphatic rings. The number of benzene rings is 2. The fourth-order valence-corrected chi connectivity index (χ4v) is 4.91. The van der Waals surface area contributed by atoms with Gasteiger partial charge in [0, 0.05) is 23.0 Å². The van der Waals surface area contributed by atoms with Crippen molar-refractivity contribution in [3.8, 4) is 0 Å². The van der Waals surface area contributed by atoms with Gasteiger partial charge in [-0.1, -0.05) is 30.3 Å². The molecule has 0 fully saturated rings. The summed E-state index contributed by atoms with van der Waals surface area (Å²) in [4.78, 5) is 36.3. The Balaban J connectivity index is 1.62. The maximum absolute atomic E-state index is 13.0. The Morgan fingerprint density at radius 3 is 2.64 bits per heavy atom. The summed E-state index contributed by atoms with van der Waals surface area (Å²) >= 11 is 0. The van der Waals surface area contributed by atoms with Gasteiger partial charge in [0.25, 0.3) is 5.56 Å². The molecule has 0 spiro atoms. The number of nitrogens with one attached hydrogen (secondary N) is 1. The maximum atomic E-state index is 13.0. The second-order valence-corrected chi connectivity index (χ2v) is 7.64. The second kappa shape index (κ2) is 5.32. The fourth-order valence-electron chi connectivity index (χ4n) is 4.91. The average molecular weight is 370 g/mol. The third-order valence-corrected chi connectivity index (χ3v) is 6.19. The molecule has 2 aromatic heterocycles. The third kappa shape index (κ3) is 1.89. The standard InChI is InChI=1S/C22H18N4O2/c1-12-20-15(13-6-2-4-8-16(13)23-20)10-18-21-24-17-9-5-3-7-14(17)22(28)25(21)11-19(27)26(12)18/h2-9,12,18,23H,10-11H2,1H3/t12-,18+/m0/s1. The Morgan fingerprint density at radius 2 is 1.79 bits per heavy atom. The molecule has 6 heteroatoms. The number of para-hydroxylation sites is 2. The Labute approximate surface area is 160 Å². The summed E-state index contributed by atoms with van der Waals surface area (Å²) in [5.74, 6) is 0.652. The van der Waals surface area contributed by atoms with Gasteiger partial charge >= 0.3 is 0 Å². The highest BCUT2D eigenvalue weighted by molar-refractivity contribution is 5.87. The Kier molecular flexibility index (Phi) is 2.97. The average Bonchev–Trinajstić information content (AvgIpc) is 3.08. The minimum absolute atomic E-state index is 0.0338. The van der Waals surface area contributed by atoms with Gasteiger partial charge in [-0.05, 0) is 30.7 Å². The van der Waals surface area contributed by atoms with Gasteiger partial charge in [0.15, 0.2) is 0 Å². The zero-order valence-electron chi connectivity index (χ0n) is 15.3. The molecule has 138 valence electrons. The van der Waals surface area contributed by atoms with Crippen LogP contribution in [0.25, 0.3) is 21.8 Å². The van der Waals surface area contributed by atoms with Crippen LogP contribution in [0.15, 0.2) is 53.3 Å². The van der Waals surface area contributed by atoms with Crippen molar-refractivity contribution >= 4 is 27.7 Å². The van der Waals surface area contributed by atoms with Crippen LogP contribution in [-0.2, 0) is 17.8 Å². The van der Waals surface area contributed by atoms with Crippen molar-refractivity contribution in [2.24, 2.45) is 0 Å². The lowest BCUT2D eigenvalue weighted by Gasteiger charge is -2.43. The molecule has 4 heterocycles. The second-order valence-electron chi connectivity index (χ2n) is 7.64. The number of hydrogen-bond acceptors (Lipinski definition) is 3. The maximum Gasteiger partial charge on any atom is 0.261 e. The number of rotatable bonds is 0. The molecule has 0 radical (unpaired) electrons. The molecule has 28 heavy (non-hydrogen) atoms. The summed E-state index contributed by atoms with van der Waals surface area (Å²) in [6.45, 7) is 2.09. The fraction of sp³-hybridized carbons (Fsp3) is 0.227.